The summed E-state index contributed by atoms with van der Waals surface area (Å²) in [6.45, 7) is 6.18. The molecule has 5 nitrogen and oxygen atoms in total. The van der Waals surface area contributed by atoms with Crippen LogP contribution in [0.3, 0.4) is 0 Å². The summed E-state index contributed by atoms with van der Waals surface area (Å²) in [4.78, 5) is 4.85. The summed E-state index contributed by atoms with van der Waals surface area (Å²) in [6, 6.07) is 25.1. The Hall–Kier alpha value is -8.80. The molecule has 12 aromatic rings. The topological polar surface area (TPSA) is 35.9 Å². The first-order chi connectivity index (χ1) is 44.1. The minimum atomic E-state index is -3.03. The number of hydrogen-bond acceptors (Lipinski definition) is 2. The summed E-state index contributed by atoms with van der Waals surface area (Å²) in [7, 11) is 0. The molecule has 9 aromatic carbocycles. The Morgan fingerprint density at radius 1 is 0.520 bits per heavy atom. The van der Waals surface area contributed by atoms with Crippen molar-refractivity contribution in [2.45, 2.75) is 66.1 Å². The van der Waals surface area contributed by atoms with Crippen LogP contribution in [0.15, 0.2) is 206 Å². The Balaban J connectivity index is 1.19. The summed E-state index contributed by atoms with van der Waals surface area (Å²) in [5.41, 5.74) is -0.772. The third-order valence-electron chi connectivity index (χ3n) is 14.0. The first-order valence-electron chi connectivity index (χ1n) is 34.0. The molecule has 0 N–H and O–H groups in total. The number of nitrogens with zero attached hydrogens (tertiary/aromatic N) is 4. The predicted molar refractivity (Wildman–Crippen MR) is 310 cm³/mol. The van der Waals surface area contributed by atoms with Gasteiger partial charge in [0.15, 0.2) is 0 Å². The first-order valence-corrected chi connectivity index (χ1v) is 24.5. The number of hydrogen-bond donors (Lipinski definition) is 0. The molecule has 0 radical (unpaired) electrons. The largest absolute Gasteiger partial charge is 0.458 e. The van der Waals surface area contributed by atoms with E-state index >= 15 is 0 Å². The van der Waals surface area contributed by atoms with E-state index in [-0.39, 0.29) is 55.6 Å². The highest BCUT2D eigenvalue weighted by atomic mass is 16.5. The van der Waals surface area contributed by atoms with Crippen molar-refractivity contribution in [3.8, 4) is 84.3 Å². The van der Waals surface area contributed by atoms with Crippen LogP contribution in [0.25, 0.3) is 106 Å². The molecule has 1 aliphatic rings. The molecule has 5 heteroatoms. The average Bonchev–Trinajstić information content (AvgIpc) is 1.48. The molecule has 0 bridgehead atoms. The Morgan fingerprint density at radius 2 is 1.16 bits per heavy atom. The molecule has 0 atom stereocenters. The van der Waals surface area contributed by atoms with Crippen LogP contribution in [-0.4, -0.2) is 14.1 Å². The van der Waals surface area contributed by atoms with Crippen molar-refractivity contribution < 1.29 is 35.3 Å². The zero-order valence-electron chi connectivity index (χ0n) is 60.8. The number of para-hydroxylation sites is 1. The van der Waals surface area contributed by atoms with Gasteiger partial charge in [0.05, 0.1) is 51.3 Å². The molecule has 0 spiro atoms. The molecule has 0 unspecified atom stereocenters. The minimum Gasteiger partial charge on any atom is -0.458 e. The average molecular weight is 990 g/mol. The highest BCUT2D eigenvalue weighted by Gasteiger charge is 2.30. The lowest BCUT2D eigenvalue weighted by atomic mass is 9.83. The monoisotopic (exact) mass is 990 g/mol. The molecule has 1 aliphatic heterocycles. The molecule has 4 heterocycles. The molecular weight excluding hydrogens is 913 g/mol. The van der Waals surface area contributed by atoms with E-state index in [2.05, 4.69) is 43.8 Å². The number of fused-ring (bicyclic) bond motifs is 10. The van der Waals surface area contributed by atoms with Crippen molar-refractivity contribution in [3.63, 3.8) is 0 Å². The fraction of sp³-hybridized carbons (Fsp3) is 0.143. The van der Waals surface area contributed by atoms with Crippen molar-refractivity contribution in [1.29, 1.82) is 0 Å². The molecule has 364 valence electrons. The van der Waals surface area contributed by atoms with E-state index in [0.29, 0.717) is 34.1 Å². The lowest BCUT2D eigenvalue weighted by Crippen LogP contribution is -2.32. The molecule has 75 heavy (non-hydrogen) atoms. The highest BCUT2D eigenvalue weighted by molar-refractivity contribution is 6.09. The van der Waals surface area contributed by atoms with Gasteiger partial charge in [0.1, 0.15) is 17.3 Å². The van der Waals surface area contributed by atoms with E-state index in [4.69, 9.17) is 22.1 Å². The van der Waals surface area contributed by atoms with Gasteiger partial charge in [0.2, 0.25) is 0 Å². The Bertz CT molecular complexity index is 5220. The maximum absolute atomic E-state index is 10.0. The van der Waals surface area contributed by atoms with Gasteiger partial charge in [-0.2, -0.15) is 0 Å². The normalized spacial score (nSPS) is 16.2. The van der Waals surface area contributed by atoms with Crippen LogP contribution in [0.2, 0.25) is 0 Å². The van der Waals surface area contributed by atoms with Gasteiger partial charge < -0.3 is 4.74 Å². The third-order valence-corrected chi connectivity index (χ3v) is 14.0. The molecule has 0 amide bonds. The molecule has 0 saturated heterocycles. The van der Waals surface area contributed by atoms with E-state index in [0.717, 1.165) is 27.4 Å². The van der Waals surface area contributed by atoms with Crippen LogP contribution >= 0.6 is 0 Å². The maximum Gasteiger partial charge on any atom is 0.269 e. The zero-order valence-corrected chi connectivity index (χ0v) is 41.8. The summed E-state index contributed by atoms with van der Waals surface area (Å²) in [5.74, 6) is 1.51. The lowest BCUT2D eigenvalue weighted by molar-refractivity contribution is -0.570. The summed E-state index contributed by atoms with van der Waals surface area (Å²) >= 11 is 0. The maximum atomic E-state index is 10.0. The number of rotatable bonds is 6. The molecule has 0 aliphatic carbocycles. The van der Waals surface area contributed by atoms with E-state index in [9.17, 15) is 13.7 Å². The summed E-state index contributed by atoms with van der Waals surface area (Å²) in [5, 5.41) is 1.96. The number of benzene rings is 9. The van der Waals surface area contributed by atoms with Crippen molar-refractivity contribution in [2.75, 3.05) is 0 Å². The van der Waals surface area contributed by atoms with E-state index in [1.165, 1.54) is 34.9 Å². The lowest BCUT2D eigenvalue weighted by Gasteiger charge is -2.23. The smallest absolute Gasteiger partial charge is 0.269 e. The van der Waals surface area contributed by atoms with Gasteiger partial charge in [-0.05, 0) is 169 Å². The van der Waals surface area contributed by atoms with E-state index in [1.807, 2.05) is 69.3 Å². The van der Waals surface area contributed by atoms with Crippen LogP contribution in [0.1, 0.15) is 89.8 Å². The SMILES string of the molecule is [2H]c1c([2H])c([2H])c(-c2cc(-c3c(C([2H])([2H])[2H])cccc3C([2H])([2H])[2H])cc3c2-[n+]2[c-]n(-c4cccc(Oc5ccc6c7ccccc7n(-c7cc(C(C)(C)C)ccn7)c6c5)c4)c4cc(C(C)(C)C)cc(c42)-c2c([2H])c([2H])c([2H])c([2H])c2-c2c([2H])c([2H])c([2H])c([2H])c2-3)c([2H])c1[2H]. The van der Waals surface area contributed by atoms with Crippen molar-refractivity contribution in [3.05, 3.63) is 235 Å². The minimum absolute atomic E-state index is 0.0952. The van der Waals surface area contributed by atoms with Crippen LogP contribution in [0, 0.1) is 20.0 Å². The van der Waals surface area contributed by atoms with Crippen molar-refractivity contribution in [1.82, 2.24) is 14.1 Å². The molecule has 0 fully saturated rings. The van der Waals surface area contributed by atoms with Crippen molar-refractivity contribution in [2.24, 2.45) is 0 Å². The highest BCUT2D eigenvalue weighted by Crippen LogP contribution is 2.48. The van der Waals surface area contributed by atoms with Gasteiger partial charge in [-0.25, -0.2) is 4.98 Å². The second kappa shape index (κ2) is 17.4. The number of aromatic nitrogens is 4. The second-order valence-corrected chi connectivity index (χ2v) is 20.8. The van der Waals surface area contributed by atoms with Gasteiger partial charge in [0.25, 0.3) is 6.33 Å². The number of pyridine rings is 1. The third kappa shape index (κ3) is 7.76. The van der Waals surface area contributed by atoms with E-state index in [1.54, 1.807) is 41.1 Å². The van der Waals surface area contributed by atoms with Gasteiger partial charge in [-0.1, -0.05) is 169 Å². The zero-order chi connectivity index (χ0) is 67.6. The first kappa shape index (κ1) is 29.8. The van der Waals surface area contributed by atoms with Crippen molar-refractivity contribution >= 4 is 32.8 Å². The van der Waals surface area contributed by atoms with Crippen LogP contribution < -0.4 is 9.30 Å². The number of ether oxygens (including phenoxy) is 1. The van der Waals surface area contributed by atoms with E-state index < -0.39 is 125 Å². The molecule has 13 rings (SSSR count). The second-order valence-electron chi connectivity index (χ2n) is 20.8. The standard InChI is InChI=1S/C70H58N4O/c1-44-20-18-21-45(2)66(44)47-36-59(46-22-10-9-11-23-46)67-60(37-47)55-28-14-12-26-53(55)54-27-13-15-29-56(54)61-38-49(70(6,7)8)39-64-68(61)73(67)43-72(64)50-24-19-25-51(41-50)75-52-32-33-58-57-30-16-17-31-62(57)74(63(58)42-52)65-40-48(34-35-71-65)69(3,4)5/h9-42H,1-8H3/i1D3,2D3,9D,10D,11D,12D,13D,14D,15D,22D,23D,26D,27D,28D,29D. The van der Waals surface area contributed by atoms with Crippen LogP contribution in [-0.2, 0) is 10.8 Å². The fourth-order valence-corrected chi connectivity index (χ4v) is 10.4. The summed E-state index contributed by atoms with van der Waals surface area (Å²) in [6.07, 6.45) is 5.30. The van der Waals surface area contributed by atoms with Gasteiger partial charge >= 0.3 is 0 Å². The molecular formula is C70H58N4O. The van der Waals surface area contributed by atoms with Gasteiger partial charge in [0, 0.05) is 31.3 Å². The van der Waals surface area contributed by atoms with Crippen LogP contribution in [0.4, 0.5) is 0 Å². The number of aryl methyl sites for hydroxylation is 2. The summed E-state index contributed by atoms with van der Waals surface area (Å²) < 4.78 is 188. The van der Waals surface area contributed by atoms with Gasteiger partial charge in [-0.15, -0.1) is 0 Å². The quantitative estimate of drug-likeness (QED) is 0.123. The Kier molecular flexibility index (Phi) is 6.92. The van der Waals surface area contributed by atoms with Gasteiger partial charge in [-0.3, -0.25) is 13.7 Å². The number of imidazole rings is 1. The molecule has 0 saturated carbocycles. The van der Waals surface area contributed by atoms with Crippen LogP contribution in [0.5, 0.6) is 11.5 Å². The Morgan fingerprint density at radius 3 is 1.88 bits per heavy atom. The molecule has 3 aromatic heterocycles. The fourth-order valence-electron chi connectivity index (χ4n) is 10.4. The predicted octanol–water partition coefficient (Wildman–Crippen LogP) is 17.9. The Labute approximate surface area is 466 Å².